The second-order valence-electron chi connectivity index (χ2n) is 3.69. The highest BCUT2D eigenvalue weighted by atomic mass is 32.2. The number of hydrogen-bond acceptors (Lipinski definition) is 4. The Hall–Kier alpha value is -1.95. The second-order valence-corrected chi connectivity index (χ2v) is 4.63. The van der Waals surface area contributed by atoms with E-state index in [2.05, 4.69) is 15.2 Å². The SMILES string of the molecule is Fc1ccc(CSc2nnc3ncccn23)cc1. The van der Waals surface area contributed by atoms with E-state index in [1.165, 1.54) is 12.1 Å². The fourth-order valence-electron chi connectivity index (χ4n) is 1.55. The fourth-order valence-corrected chi connectivity index (χ4v) is 2.42. The number of aromatic nitrogens is 4. The zero-order valence-corrected chi connectivity index (χ0v) is 10.1. The van der Waals surface area contributed by atoms with Gasteiger partial charge in [0.2, 0.25) is 0 Å². The van der Waals surface area contributed by atoms with E-state index < -0.39 is 0 Å². The lowest BCUT2D eigenvalue weighted by Crippen LogP contribution is -1.89. The van der Waals surface area contributed by atoms with Gasteiger partial charge in [-0.15, -0.1) is 10.2 Å². The number of benzene rings is 1. The normalized spacial score (nSPS) is 10.9. The lowest BCUT2D eigenvalue weighted by atomic mass is 10.2. The van der Waals surface area contributed by atoms with Crippen molar-refractivity contribution in [3.63, 3.8) is 0 Å². The fraction of sp³-hybridized carbons (Fsp3) is 0.0833. The van der Waals surface area contributed by atoms with Crippen LogP contribution in [0.1, 0.15) is 5.56 Å². The van der Waals surface area contributed by atoms with Crippen molar-refractivity contribution < 1.29 is 4.39 Å². The zero-order chi connectivity index (χ0) is 12.4. The third-order valence-electron chi connectivity index (χ3n) is 2.44. The van der Waals surface area contributed by atoms with Crippen LogP contribution >= 0.6 is 11.8 Å². The quantitative estimate of drug-likeness (QED) is 0.679. The van der Waals surface area contributed by atoms with Crippen molar-refractivity contribution in [2.45, 2.75) is 10.9 Å². The van der Waals surface area contributed by atoms with Crippen LogP contribution in [0, 0.1) is 5.82 Å². The summed E-state index contributed by atoms with van der Waals surface area (Å²) in [5, 5.41) is 8.81. The van der Waals surface area contributed by atoms with Gasteiger partial charge in [0, 0.05) is 18.1 Å². The molecule has 1 aromatic carbocycles. The van der Waals surface area contributed by atoms with Gasteiger partial charge in [-0.1, -0.05) is 23.9 Å². The van der Waals surface area contributed by atoms with E-state index in [0.29, 0.717) is 5.78 Å². The highest BCUT2D eigenvalue weighted by Gasteiger charge is 2.06. The molecule has 0 spiro atoms. The second kappa shape index (κ2) is 4.73. The zero-order valence-electron chi connectivity index (χ0n) is 9.32. The Labute approximate surface area is 107 Å². The number of fused-ring (bicyclic) bond motifs is 1. The Balaban J connectivity index is 1.79. The Kier molecular flexibility index (Phi) is 2.93. The maximum absolute atomic E-state index is 12.8. The molecule has 0 bridgehead atoms. The van der Waals surface area contributed by atoms with Crippen LogP contribution in [-0.2, 0) is 5.75 Å². The molecule has 0 unspecified atom stereocenters. The van der Waals surface area contributed by atoms with Crippen molar-refractivity contribution >= 4 is 17.5 Å². The summed E-state index contributed by atoms with van der Waals surface area (Å²) in [5.41, 5.74) is 1.04. The number of hydrogen-bond donors (Lipinski definition) is 0. The lowest BCUT2D eigenvalue weighted by Gasteiger charge is -2.00. The van der Waals surface area contributed by atoms with Crippen LogP contribution in [0.3, 0.4) is 0 Å². The molecule has 0 atom stereocenters. The first-order valence-corrected chi connectivity index (χ1v) is 6.34. The molecule has 0 radical (unpaired) electrons. The first kappa shape index (κ1) is 11.2. The van der Waals surface area contributed by atoms with Gasteiger partial charge in [-0.3, -0.25) is 4.40 Å². The van der Waals surface area contributed by atoms with Crippen molar-refractivity contribution in [3.8, 4) is 0 Å². The average molecular weight is 260 g/mol. The molecule has 0 saturated carbocycles. The summed E-state index contributed by atoms with van der Waals surface area (Å²) in [7, 11) is 0. The molecule has 4 nitrogen and oxygen atoms in total. The summed E-state index contributed by atoms with van der Waals surface area (Å²) in [5.74, 6) is 1.08. The number of nitrogens with zero attached hydrogens (tertiary/aromatic N) is 4. The van der Waals surface area contributed by atoms with E-state index in [4.69, 9.17) is 0 Å². The summed E-state index contributed by atoms with van der Waals surface area (Å²) >= 11 is 1.54. The molecule has 3 aromatic rings. The van der Waals surface area contributed by atoms with Gasteiger partial charge in [0.05, 0.1) is 0 Å². The van der Waals surface area contributed by atoms with E-state index in [-0.39, 0.29) is 5.82 Å². The molecule has 2 aromatic heterocycles. The third kappa shape index (κ3) is 2.19. The van der Waals surface area contributed by atoms with E-state index in [1.807, 2.05) is 16.7 Å². The van der Waals surface area contributed by atoms with Gasteiger partial charge >= 0.3 is 0 Å². The number of thioether (sulfide) groups is 1. The summed E-state index contributed by atoms with van der Waals surface area (Å²) in [4.78, 5) is 4.09. The molecular formula is C12H9FN4S. The monoisotopic (exact) mass is 260 g/mol. The number of rotatable bonds is 3. The van der Waals surface area contributed by atoms with Crippen LogP contribution in [-0.4, -0.2) is 19.6 Å². The minimum Gasteiger partial charge on any atom is -0.261 e. The number of halogens is 1. The van der Waals surface area contributed by atoms with Crippen LogP contribution in [0.2, 0.25) is 0 Å². The van der Waals surface area contributed by atoms with Gasteiger partial charge in [-0.25, -0.2) is 9.37 Å². The Bertz CT molecular complexity index is 665. The van der Waals surface area contributed by atoms with Crippen molar-refractivity contribution in [3.05, 3.63) is 54.1 Å². The Morgan fingerprint density at radius 1 is 1.17 bits per heavy atom. The topological polar surface area (TPSA) is 43.1 Å². The van der Waals surface area contributed by atoms with Gasteiger partial charge in [-0.05, 0) is 23.8 Å². The average Bonchev–Trinajstić information content (AvgIpc) is 2.82. The minimum atomic E-state index is -0.221. The molecule has 0 N–H and O–H groups in total. The van der Waals surface area contributed by atoms with Crippen molar-refractivity contribution in [2.75, 3.05) is 0 Å². The van der Waals surface area contributed by atoms with Gasteiger partial charge in [-0.2, -0.15) is 0 Å². The van der Waals surface area contributed by atoms with E-state index >= 15 is 0 Å². The maximum atomic E-state index is 12.8. The highest BCUT2D eigenvalue weighted by molar-refractivity contribution is 7.98. The van der Waals surface area contributed by atoms with Crippen molar-refractivity contribution in [1.29, 1.82) is 0 Å². The highest BCUT2D eigenvalue weighted by Crippen LogP contribution is 2.21. The third-order valence-corrected chi connectivity index (χ3v) is 3.45. The molecule has 0 aliphatic carbocycles. The molecule has 6 heteroatoms. The van der Waals surface area contributed by atoms with Crippen LogP contribution < -0.4 is 0 Å². The standard InChI is InChI=1S/C12H9FN4S/c13-10-4-2-9(3-5-10)8-18-12-16-15-11-14-6-1-7-17(11)12/h1-7H,8H2. The van der Waals surface area contributed by atoms with Crippen LogP contribution in [0.4, 0.5) is 4.39 Å². The van der Waals surface area contributed by atoms with E-state index in [1.54, 1.807) is 30.1 Å². The molecule has 0 amide bonds. The largest absolute Gasteiger partial charge is 0.261 e. The summed E-state index contributed by atoms with van der Waals surface area (Å²) in [6, 6.07) is 8.28. The predicted octanol–water partition coefficient (Wildman–Crippen LogP) is 2.56. The smallest absolute Gasteiger partial charge is 0.255 e. The molecular weight excluding hydrogens is 251 g/mol. The van der Waals surface area contributed by atoms with Gasteiger partial charge < -0.3 is 0 Å². The Morgan fingerprint density at radius 3 is 2.83 bits per heavy atom. The molecule has 3 rings (SSSR count). The Morgan fingerprint density at radius 2 is 2.00 bits per heavy atom. The summed E-state index contributed by atoms with van der Waals surface area (Å²) in [6.07, 6.45) is 3.55. The van der Waals surface area contributed by atoms with Gasteiger partial charge in [0.25, 0.3) is 5.78 Å². The first-order chi connectivity index (χ1) is 8.83. The van der Waals surface area contributed by atoms with Gasteiger partial charge in [0.1, 0.15) is 5.82 Å². The van der Waals surface area contributed by atoms with Crippen molar-refractivity contribution in [1.82, 2.24) is 19.6 Å². The van der Waals surface area contributed by atoms with E-state index in [9.17, 15) is 4.39 Å². The van der Waals surface area contributed by atoms with Crippen molar-refractivity contribution in [2.24, 2.45) is 0 Å². The predicted molar refractivity (Wildman–Crippen MR) is 66.7 cm³/mol. The van der Waals surface area contributed by atoms with E-state index in [0.717, 1.165) is 16.5 Å². The summed E-state index contributed by atoms with van der Waals surface area (Å²) in [6.45, 7) is 0. The molecule has 0 saturated heterocycles. The van der Waals surface area contributed by atoms with Crippen LogP contribution in [0.5, 0.6) is 0 Å². The maximum Gasteiger partial charge on any atom is 0.255 e. The minimum absolute atomic E-state index is 0.221. The van der Waals surface area contributed by atoms with Gasteiger partial charge in [0.15, 0.2) is 5.16 Å². The molecule has 2 heterocycles. The first-order valence-electron chi connectivity index (χ1n) is 5.36. The molecule has 90 valence electrons. The molecule has 0 aliphatic heterocycles. The van der Waals surface area contributed by atoms with Crippen LogP contribution in [0.15, 0.2) is 47.9 Å². The molecule has 18 heavy (non-hydrogen) atoms. The lowest BCUT2D eigenvalue weighted by molar-refractivity contribution is 0.627. The molecule has 0 aliphatic rings. The van der Waals surface area contributed by atoms with Crippen LogP contribution in [0.25, 0.3) is 5.78 Å². The summed E-state index contributed by atoms with van der Waals surface area (Å²) < 4.78 is 14.6. The molecule has 0 fully saturated rings.